The number of hydrogen-bond acceptors (Lipinski definition) is 2. The first-order chi connectivity index (χ1) is 7.31. The summed E-state index contributed by atoms with van der Waals surface area (Å²) in [6.07, 6.45) is 3.66. The Balaban J connectivity index is 2.82. The van der Waals surface area contributed by atoms with Crippen LogP contribution in [0.4, 0.5) is 0 Å². The first-order valence-corrected chi connectivity index (χ1v) is 5.62. The van der Waals surface area contributed by atoms with Gasteiger partial charge in [0.2, 0.25) is 0 Å². The van der Waals surface area contributed by atoms with Crippen LogP contribution in [0.25, 0.3) is 0 Å². The molecule has 0 amide bonds. The molecule has 15 heavy (non-hydrogen) atoms. The monoisotopic (exact) mass is 207 g/mol. The van der Waals surface area contributed by atoms with E-state index >= 15 is 0 Å². The van der Waals surface area contributed by atoms with Gasteiger partial charge in [-0.2, -0.15) is 0 Å². The summed E-state index contributed by atoms with van der Waals surface area (Å²) in [6, 6.07) is 6.35. The van der Waals surface area contributed by atoms with Crippen molar-refractivity contribution in [2.75, 3.05) is 14.2 Å². The third-order valence-electron chi connectivity index (χ3n) is 2.58. The van der Waals surface area contributed by atoms with Crippen molar-refractivity contribution in [1.82, 2.24) is 5.32 Å². The van der Waals surface area contributed by atoms with Crippen LogP contribution in [0.3, 0.4) is 0 Å². The summed E-state index contributed by atoms with van der Waals surface area (Å²) in [7, 11) is 3.69. The smallest absolute Gasteiger partial charge is 0.119 e. The molecule has 0 aromatic heterocycles. The van der Waals surface area contributed by atoms with Gasteiger partial charge in [0.1, 0.15) is 5.75 Å². The molecular weight excluding hydrogens is 186 g/mol. The summed E-state index contributed by atoms with van der Waals surface area (Å²) in [5.41, 5.74) is 2.79. The lowest BCUT2D eigenvalue weighted by Gasteiger charge is -2.10. The van der Waals surface area contributed by atoms with Gasteiger partial charge in [0.05, 0.1) is 7.11 Å². The van der Waals surface area contributed by atoms with Crippen LogP contribution in [0.15, 0.2) is 18.2 Å². The van der Waals surface area contributed by atoms with Crippen molar-refractivity contribution in [3.05, 3.63) is 29.3 Å². The van der Waals surface area contributed by atoms with Crippen LogP contribution in [-0.2, 0) is 13.0 Å². The van der Waals surface area contributed by atoms with Crippen molar-refractivity contribution in [2.45, 2.75) is 32.7 Å². The first-order valence-electron chi connectivity index (χ1n) is 5.62. The summed E-state index contributed by atoms with van der Waals surface area (Å²) in [5.74, 6) is 0.945. The molecule has 0 spiro atoms. The normalized spacial score (nSPS) is 10.3. The first kappa shape index (κ1) is 12.1. The lowest BCUT2D eigenvalue weighted by molar-refractivity contribution is 0.414. The van der Waals surface area contributed by atoms with Crippen LogP contribution < -0.4 is 10.1 Å². The van der Waals surface area contributed by atoms with Gasteiger partial charge in [-0.25, -0.2) is 0 Å². The van der Waals surface area contributed by atoms with E-state index in [4.69, 9.17) is 4.74 Å². The molecule has 0 saturated heterocycles. The van der Waals surface area contributed by atoms with Crippen LogP contribution in [0.5, 0.6) is 5.75 Å². The van der Waals surface area contributed by atoms with Gasteiger partial charge in [-0.15, -0.1) is 0 Å². The standard InChI is InChI=1S/C13H21NO/c1-4-5-6-11-7-8-13(15-3)9-12(11)10-14-2/h7-9,14H,4-6,10H2,1-3H3. The van der Waals surface area contributed by atoms with Gasteiger partial charge < -0.3 is 10.1 Å². The number of ether oxygens (including phenoxy) is 1. The number of methoxy groups -OCH3 is 1. The van der Waals surface area contributed by atoms with Crippen LogP contribution in [0, 0.1) is 0 Å². The Labute approximate surface area is 92.6 Å². The SMILES string of the molecule is CCCCc1ccc(OC)cc1CNC. The molecule has 0 heterocycles. The number of rotatable bonds is 6. The van der Waals surface area contributed by atoms with E-state index in [2.05, 4.69) is 24.4 Å². The fraction of sp³-hybridized carbons (Fsp3) is 0.538. The maximum Gasteiger partial charge on any atom is 0.119 e. The number of unbranched alkanes of at least 4 members (excludes halogenated alkanes) is 1. The lowest BCUT2D eigenvalue weighted by atomic mass is 10.0. The number of benzene rings is 1. The van der Waals surface area contributed by atoms with Gasteiger partial charge in [-0.3, -0.25) is 0 Å². The topological polar surface area (TPSA) is 21.3 Å². The second kappa shape index (κ2) is 6.46. The van der Waals surface area contributed by atoms with Gasteiger partial charge in [0, 0.05) is 6.54 Å². The summed E-state index contributed by atoms with van der Waals surface area (Å²) >= 11 is 0. The Bertz CT molecular complexity index is 297. The predicted octanol–water partition coefficient (Wildman–Crippen LogP) is 2.76. The summed E-state index contributed by atoms with van der Waals surface area (Å²) in [5, 5.41) is 3.20. The maximum absolute atomic E-state index is 5.23. The number of aryl methyl sites for hydroxylation is 1. The largest absolute Gasteiger partial charge is 0.497 e. The zero-order valence-corrected chi connectivity index (χ0v) is 9.97. The average Bonchev–Trinajstić information content (AvgIpc) is 2.27. The van der Waals surface area contributed by atoms with E-state index in [9.17, 15) is 0 Å². The molecule has 0 unspecified atom stereocenters. The van der Waals surface area contributed by atoms with E-state index in [1.54, 1.807) is 7.11 Å². The fourth-order valence-corrected chi connectivity index (χ4v) is 1.70. The number of nitrogens with one attached hydrogen (secondary N) is 1. The zero-order valence-electron chi connectivity index (χ0n) is 9.97. The van der Waals surface area contributed by atoms with E-state index in [-0.39, 0.29) is 0 Å². The molecule has 1 aromatic carbocycles. The zero-order chi connectivity index (χ0) is 11.1. The van der Waals surface area contributed by atoms with Gasteiger partial charge in [0.25, 0.3) is 0 Å². The van der Waals surface area contributed by atoms with Crippen molar-refractivity contribution >= 4 is 0 Å². The molecule has 0 aliphatic carbocycles. The Kier molecular flexibility index (Phi) is 5.19. The van der Waals surface area contributed by atoms with Crippen LogP contribution in [-0.4, -0.2) is 14.2 Å². The van der Waals surface area contributed by atoms with Crippen molar-refractivity contribution in [2.24, 2.45) is 0 Å². The second-order valence-electron chi connectivity index (χ2n) is 3.77. The molecule has 0 radical (unpaired) electrons. The summed E-state index contributed by atoms with van der Waals surface area (Å²) < 4.78 is 5.23. The minimum absolute atomic E-state index is 0.913. The molecule has 0 aliphatic heterocycles. The molecule has 1 N–H and O–H groups in total. The minimum atomic E-state index is 0.913. The highest BCUT2D eigenvalue weighted by atomic mass is 16.5. The summed E-state index contributed by atoms with van der Waals surface area (Å²) in [6.45, 7) is 3.14. The summed E-state index contributed by atoms with van der Waals surface area (Å²) in [4.78, 5) is 0. The molecule has 0 aliphatic rings. The highest BCUT2D eigenvalue weighted by Gasteiger charge is 2.03. The van der Waals surface area contributed by atoms with E-state index in [1.807, 2.05) is 13.1 Å². The Hall–Kier alpha value is -1.02. The van der Waals surface area contributed by atoms with Crippen LogP contribution >= 0.6 is 0 Å². The lowest BCUT2D eigenvalue weighted by Crippen LogP contribution is -2.08. The van der Waals surface area contributed by atoms with Crippen molar-refractivity contribution in [3.63, 3.8) is 0 Å². The average molecular weight is 207 g/mol. The molecular formula is C13H21NO. The van der Waals surface area contributed by atoms with E-state index < -0.39 is 0 Å². The highest BCUT2D eigenvalue weighted by molar-refractivity contribution is 5.35. The molecule has 0 bridgehead atoms. The molecule has 0 saturated carbocycles. The molecule has 2 heteroatoms. The van der Waals surface area contributed by atoms with Crippen LogP contribution in [0.1, 0.15) is 30.9 Å². The molecule has 0 atom stereocenters. The molecule has 1 rings (SSSR count). The van der Waals surface area contributed by atoms with E-state index in [0.29, 0.717) is 0 Å². The number of hydrogen-bond donors (Lipinski definition) is 1. The van der Waals surface area contributed by atoms with Gasteiger partial charge in [0.15, 0.2) is 0 Å². The van der Waals surface area contributed by atoms with Crippen LogP contribution in [0.2, 0.25) is 0 Å². The third-order valence-corrected chi connectivity index (χ3v) is 2.58. The fourth-order valence-electron chi connectivity index (χ4n) is 1.70. The van der Waals surface area contributed by atoms with E-state index in [0.717, 1.165) is 18.7 Å². The molecule has 1 aromatic rings. The quantitative estimate of drug-likeness (QED) is 0.774. The van der Waals surface area contributed by atoms with Crippen molar-refractivity contribution in [1.29, 1.82) is 0 Å². The van der Waals surface area contributed by atoms with Crippen molar-refractivity contribution in [3.8, 4) is 5.75 Å². The molecule has 84 valence electrons. The van der Waals surface area contributed by atoms with Gasteiger partial charge in [-0.05, 0) is 43.1 Å². The second-order valence-corrected chi connectivity index (χ2v) is 3.77. The maximum atomic E-state index is 5.23. The molecule has 2 nitrogen and oxygen atoms in total. The Morgan fingerprint density at radius 3 is 2.67 bits per heavy atom. The Morgan fingerprint density at radius 1 is 1.27 bits per heavy atom. The van der Waals surface area contributed by atoms with Gasteiger partial charge >= 0.3 is 0 Å². The van der Waals surface area contributed by atoms with E-state index in [1.165, 1.54) is 24.0 Å². The predicted molar refractivity (Wildman–Crippen MR) is 64.4 cm³/mol. The third kappa shape index (κ3) is 3.56. The van der Waals surface area contributed by atoms with Gasteiger partial charge in [-0.1, -0.05) is 19.4 Å². The highest BCUT2D eigenvalue weighted by Crippen LogP contribution is 2.19. The minimum Gasteiger partial charge on any atom is -0.497 e. The van der Waals surface area contributed by atoms with Crippen molar-refractivity contribution < 1.29 is 4.74 Å². The molecule has 0 fully saturated rings. The Morgan fingerprint density at radius 2 is 2.07 bits per heavy atom.